The second-order valence-electron chi connectivity index (χ2n) is 4.18. The van der Waals surface area contributed by atoms with Gasteiger partial charge >= 0.3 is 0 Å². The molecule has 17 heavy (non-hydrogen) atoms. The van der Waals surface area contributed by atoms with Gasteiger partial charge in [-0.05, 0) is 32.9 Å². The van der Waals surface area contributed by atoms with Crippen molar-refractivity contribution in [2.24, 2.45) is 5.73 Å². The second kappa shape index (κ2) is 6.07. The van der Waals surface area contributed by atoms with Crippen molar-refractivity contribution in [2.45, 2.75) is 26.8 Å². The van der Waals surface area contributed by atoms with Crippen LogP contribution in [-0.4, -0.2) is 18.5 Å². The van der Waals surface area contributed by atoms with Crippen LogP contribution in [0.15, 0.2) is 18.2 Å². The SMILES string of the molecule is Cc1ccc(C#CCN)c(C(=O)NC(C)C)c1. The fourth-order valence-electron chi connectivity index (χ4n) is 1.44. The van der Waals surface area contributed by atoms with Crippen LogP contribution in [0.3, 0.4) is 0 Å². The smallest absolute Gasteiger partial charge is 0.252 e. The maximum Gasteiger partial charge on any atom is 0.252 e. The Labute approximate surface area is 102 Å². The minimum Gasteiger partial charge on any atom is -0.350 e. The van der Waals surface area contributed by atoms with Crippen molar-refractivity contribution in [1.29, 1.82) is 0 Å². The van der Waals surface area contributed by atoms with E-state index in [1.54, 1.807) is 0 Å². The summed E-state index contributed by atoms with van der Waals surface area (Å²) in [4.78, 5) is 12.0. The lowest BCUT2D eigenvalue weighted by Gasteiger charge is -2.10. The molecule has 0 spiro atoms. The molecule has 0 heterocycles. The van der Waals surface area contributed by atoms with E-state index >= 15 is 0 Å². The molecular formula is C14H18N2O. The molecule has 3 heteroatoms. The fourth-order valence-corrected chi connectivity index (χ4v) is 1.44. The molecule has 0 aromatic heterocycles. The fraction of sp³-hybridized carbons (Fsp3) is 0.357. The van der Waals surface area contributed by atoms with E-state index in [1.807, 2.05) is 39.0 Å². The number of nitrogens with two attached hydrogens (primary N) is 1. The number of carbonyl (C=O) groups excluding carboxylic acids is 1. The van der Waals surface area contributed by atoms with Crippen LogP contribution in [-0.2, 0) is 0 Å². The van der Waals surface area contributed by atoms with Crippen molar-refractivity contribution in [3.05, 3.63) is 34.9 Å². The first-order chi connectivity index (χ1) is 8.04. The highest BCUT2D eigenvalue weighted by Gasteiger charge is 2.11. The van der Waals surface area contributed by atoms with Gasteiger partial charge in [-0.25, -0.2) is 0 Å². The highest BCUT2D eigenvalue weighted by atomic mass is 16.1. The lowest BCUT2D eigenvalue weighted by atomic mass is 10.0. The number of rotatable bonds is 2. The van der Waals surface area contributed by atoms with Crippen LogP contribution in [0.25, 0.3) is 0 Å². The number of amides is 1. The van der Waals surface area contributed by atoms with E-state index in [1.165, 1.54) is 0 Å². The van der Waals surface area contributed by atoms with Crippen molar-refractivity contribution < 1.29 is 4.79 Å². The van der Waals surface area contributed by atoms with Crippen LogP contribution >= 0.6 is 0 Å². The average molecular weight is 230 g/mol. The lowest BCUT2D eigenvalue weighted by molar-refractivity contribution is 0.0943. The van der Waals surface area contributed by atoms with Gasteiger partial charge in [-0.2, -0.15) is 0 Å². The Kier molecular flexibility index (Phi) is 4.74. The molecule has 3 N–H and O–H groups in total. The first-order valence-corrected chi connectivity index (χ1v) is 5.65. The first-order valence-electron chi connectivity index (χ1n) is 5.65. The number of nitrogens with one attached hydrogen (secondary N) is 1. The van der Waals surface area contributed by atoms with Gasteiger partial charge in [0.05, 0.1) is 12.1 Å². The summed E-state index contributed by atoms with van der Waals surface area (Å²) in [5.74, 6) is 5.60. The number of benzene rings is 1. The highest BCUT2D eigenvalue weighted by Crippen LogP contribution is 2.11. The molecule has 0 saturated carbocycles. The molecule has 0 aliphatic carbocycles. The van der Waals surface area contributed by atoms with Gasteiger partial charge in [0.2, 0.25) is 0 Å². The van der Waals surface area contributed by atoms with E-state index in [0.717, 1.165) is 11.1 Å². The van der Waals surface area contributed by atoms with Gasteiger partial charge in [0.1, 0.15) is 0 Å². The first kappa shape index (κ1) is 13.3. The zero-order valence-electron chi connectivity index (χ0n) is 10.5. The summed E-state index contributed by atoms with van der Waals surface area (Å²) in [5.41, 5.74) is 7.71. The van der Waals surface area contributed by atoms with Gasteiger partial charge in [-0.1, -0.05) is 23.5 Å². The zero-order chi connectivity index (χ0) is 12.8. The highest BCUT2D eigenvalue weighted by molar-refractivity contribution is 5.97. The molecular weight excluding hydrogens is 212 g/mol. The summed E-state index contributed by atoms with van der Waals surface area (Å²) >= 11 is 0. The molecule has 0 radical (unpaired) electrons. The van der Waals surface area contributed by atoms with E-state index in [2.05, 4.69) is 17.2 Å². The van der Waals surface area contributed by atoms with E-state index in [4.69, 9.17) is 5.73 Å². The minimum absolute atomic E-state index is 0.0926. The predicted molar refractivity (Wildman–Crippen MR) is 69.7 cm³/mol. The topological polar surface area (TPSA) is 55.1 Å². The number of hydrogen-bond acceptors (Lipinski definition) is 2. The van der Waals surface area contributed by atoms with Crippen LogP contribution in [0, 0.1) is 18.8 Å². The molecule has 3 nitrogen and oxygen atoms in total. The molecule has 0 saturated heterocycles. The lowest BCUT2D eigenvalue weighted by Crippen LogP contribution is -2.30. The van der Waals surface area contributed by atoms with Gasteiger partial charge < -0.3 is 11.1 Å². The summed E-state index contributed by atoms with van der Waals surface area (Å²) in [5, 5.41) is 2.87. The van der Waals surface area contributed by atoms with Crippen LogP contribution in [0.5, 0.6) is 0 Å². The predicted octanol–water partition coefficient (Wildman–Crippen LogP) is 1.44. The summed E-state index contributed by atoms with van der Waals surface area (Å²) in [7, 11) is 0. The largest absolute Gasteiger partial charge is 0.350 e. The Morgan fingerprint density at radius 2 is 2.18 bits per heavy atom. The van der Waals surface area contributed by atoms with Crippen molar-refractivity contribution in [3.63, 3.8) is 0 Å². The summed E-state index contributed by atoms with van der Waals surface area (Å²) in [6.07, 6.45) is 0. The van der Waals surface area contributed by atoms with Gasteiger partial charge in [0, 0.05) is 11.6 Å². The Balaban J connectivity index is 3.10. The van der Waals surface area contributed by atoms with Crippen molar-refractivity contribution in [1.82, 2.24) is 5.32 Å². The van der Waals surface area contributed by atoms with Crippen molar-refractivity contribution >= 4 is 5.91 Å². The average Bonchev–Trinajstić information content (AvgIpc) is 2.26. The van der Waals surface area contributed by atoms with Crippen molar-refractivity contribution in [2.75, 3.05) is 6.54 Å². The standard InChI is InChI=1S/C14H18N2O/c1-10(2)16-14(17)13-9-11(3)6-7-12(13)5-4-8-15/h6-7,9-10H,8,15H2,1-3H3,(H,16,17). The van der Waals surface area contributed by atoms with Crippen molar-refractivity contribution in [3.8, 4) is 11.8 Å². The molecule has 1 aromatic rings. The minimum atomic E-state index is -0.0926. The van der Waals surface area contributed by atoms with Crippen LogP contribution in [0.1, 0.15) is 35.3 Å². The molecule has 0 fully saturated rings. The van der Waals surface area contributed by atoms with E-state index in [0.29, 0.717) is 12.1 Å². The monoisotopic (exact) mass is 230 g/mol. The maximum absolute atomic E-state index is 12.0. The zero-order valence-corrected chi connectivity index (χ0v) is 10.5. The molecule has 0 aliphatic heterocycles. The Bertz CT molecular complexity index is 467. The molecule has 1 rings (SSSR count). The molecule has 0 atom stereocenters. The van der Waals surface area contributed by atoms with Crippen LogP contribution in [0.2, 0.25) is 0 Å². The van der Waals surface area contributed by atoms with Crippen LogP contribution in [0.4, 0.5) is 0 Å². The molecule has 0 aliphatic rings. The number of hydrogen-bond donors (Lipinski definition) is 2. The van der Waals surface area contributed by atoms with E-state index < -0.39 is 0 Å². The summed E-state index contributed by atoms with van der Waals surface area (Å²) in [6.45, 7) is 6.10. The molecule has 1 aromatic carbocycles. The van der Waals surface area contributed by atoms with Gasteiger partial charge in [-0.15, -0.1) is 0 Å². The maximum atomic E-state index is 12.0. The number of aryl methyl sites for hydroxylation is 1. The molecule has 0 bridgehead atoms. The van der Waals surface area contributed by atoms with Gasteiger partial charge in [0.25, 0.3) is 5.91 Å². The quantitative estimate of drug-likeness (QED) is 0.755. The third kappa shape index (κ3) is 3.93. The molecule has 1 amide bonds. The normalized spacial score (nSPS) is 9.71. The van der Waals surface area contributed by atoms with Gasteiger partial charge in [-0.3, -0.25) is 4.79 Å². The Morgan fingerprint density at radius 3 is 2.76 bits per heavy atom. The van der Waals surface area contributed by atoms with Gasteiger partial charge in [0.15, 0.2) is 0 Å². The summed E-state index contributed by atoms with van der Waals surface area (Å²) < 4.78 is 0. The Morgan fingerprint density at radius 1 is 1.47 bits per heavy atom. The molecule has 90 valence electrons. The number of carbonyl (C=O) groups is 1. The summed E-state index contributed by atoms with van der Waals surface area (Å²) in [6, 6.07) is 5.75. The third-order valence-corrected chi connectivity index (χ3v) is 2.16. The van der Waals surface area contributed by atoms with E-state index in [9.17, 15) is 4.79 Å². The second-order valence-corrected chi connectivity index (χ2v) is 4.18. The molecule has 0 unspecified atom stereocenters. The van der Waals surface area contributed by atoms with E-state index in [-0.39, 0.29) is 11.9 Å². The Hall–Kier alpha value is -1.79. The van der Waals surface area contributed by atoms with Crippen LogP contribution < -0.4 is 11.1 Å². The third-order valence-electron chi connectivity index (χ3n) is 2.16.